The number of aromatic amines is 1. The minimum absolute atomic E-state index is 0.162. The number of nitrogens with two attached hydrogens (primary N) is 1. The Hall–Kier alpha value is -3.35. The molecule has 0 aliphatic carbocycles. The maximum Gasteiger partial charge on any atom is 0.106 e. The zero-order valence-electron chi connectivity index (χ0n) is 16.5. The lowest BCUT2D eigenvalue weighted by Gasteiger charge is -2.27. The normalized spacial score (nSPS) is 19.0. The fourth-order valence-corrected chi connectivity index (χ4v) is 4.02. The molecule has 0 spiro atoms. The minimum atomic E-state index is -0.162. The quantitative estimate of drug-likeness (QED) is 0.533. The molecule has 2 atom stereocenters. The number of hydrogen-bond acceptors (Lipinski definition) is 5. The third-order valence-electron chi connectivity index (χ3n) is 5.62. The van der Waals surface area contributed by atoms with Crippen LogP contribution in [0.2, 0.25) is 0 Å². The lowest BCUT2D eigenvalue weighted by molar-refractivity contribution is 0.0110. The van der Waals surface area contributed by atoms with Crippen LogP contribution in [-0.4, -0.2) is 33.0 Å². The van der Waals surface area contributed by atoms with Gasteiger partial charge in [0.1, 0.15) is 6.23 Å². The first-order valence-electron chi connectivity index (χ1n) is 10.2. The second-order valence-electron chi connectivity index (χ2n) is 7.56. The van der Waals surface area contributed by atoms with Gasteiger partial charge in [0.2, 0.25) is 0 Å². The zero-order valence-corrected chi connectivity index (χ0v) is 16.5. The van der Waals surface area contributed by atoms with Crippen LogP contribution in [-0.2, 0) is 4.74 Å². The molecule has 6 heteroatoms. The van der Waals surface area contributed by atoms with E-state index >= 15 is 0 Å². The van der Waals surface area contributed by atoms with Gasteiger partial charge < -0.3 is 10.5 Å². The molecular weight excluding hydrogens is 374 g/mol. The van der Waals surface area contributed by atoms with Gasteiger partial charge >= 0.3 is 0 Å². The third-order valence-corrected chi connectivity index (χ3v) is 5.62. The number of aromatic nitrogens is 4. The molecule has 3 aromatic heterocycles. The third kappa shape index (κ3) is 3.75. The predicted molar refractivity (Wildman–Crippen MR) is 116 cm³/mol. The second kappa shape index (κ2) is 8.18. The van der Waals surface area contributed by atoms with Crippen LogP contribution in [0, 0.1) is 0 Å². The molecule has 1 aromatic carbocycles. The fourth-order valence-electron chi connectivity index (χ4n) is 4.02. The largest absolute Gasteiger partial charge is 0.364 e. The number of H-pyrrole nitrogens is 1. The highest BCUT2D eigenvalue weighted by Gasteiger charge is 2.21. The van der Waals surface area contributed by atoms with Crippen molar-refractivity contribution in [3.05, 3.63) is 78.8 Å². The van der Waals surface area contributed by atoms with E-state index in [1.807, 2.05) is 36.7 Å². The highest BCUT2D eigenvalue weighted by atomic mass is 16.5. The Kier molecular flexibility index (Phi) is 5.09. The second-order valence-corrected chi connectivity index (χ2v) is 7.56. The van der Waals surface area contributed by atoms with Crippen molar-refractivity contribution in [2.24, 2.45) is 5.73 Å². The number of ether oxygens (including phenoxy) is 1. The van der Waals surface area contributed by atoms with E-state index in [0.29, 0.717) is 5.92 Å². The van der Waals surface area contributed by atoms with Crippen LogP contribution in [0.15, 0.2) is 73.2 Å². The number of rotatable bonds is 4. The van der Waals surface area contributed by atoms with E-state index in [0.717, 1.165) is 53.2 Å². The van der Waals surface area contributed by atoms with Crippen LogP contribution in [0.25, 0.3) is 33.8 Å². The number of hydrogen-bond donors (Lipinski definition) is 2. The summed E-state index contributed by atoms with van der Waals surface area (Å²) in [7, 11) is 0. The van der Waals surface area contributed by atoms with E-state index < -0.39 is 0 Å². The Bertz CT molecular complexity index is 1120. The molecule has 0 saturated carbocycles. The Labute approximate surface area is 175 Å². The van der Waals surface area contributed by atoms with Gasteiger partial charge in [-0.1, -0.05) is 30.3 Å². The zero-order chi connectivity index (χ0) is 20.3. The molecule has 3 N–H and O–H groups in total. The van der Waals surface area contributed by atoms with E-state index in [1.165, 1.54) is 5.56 Å². The highest BCUT2D eigenvalue weighted by molar-refractivity contribution is 5.80. The van der Waals surface area contributed by atoms with Gasteiger partial charge in [0.25, 0.3) is 0 Å². The molecule has 1 saturated heterocycles. The van der Waals surface area contributed by atoms with Gasteiger partial charge in [0.05, 0.1) is 23.3 Å². The summed E-state index contributed by atoms with van der Waals surface area (Å²) in [6, 6.07) is 18.6. The van der Waals surface area contributed by atoms with E-state index in [1.54, 1.807) is 6.20 Å². The minimum Gasteiger partial charge on any atom is -0.364 e. The summed E-state index contributed by atoms with van der Waals surface area (Å²) in [5.41, 5.74) is 13.1. The number of pyridine rings is 2. The van der Waals surface area contributed by atoms with Crippen molar-refractivity contribution in [2.45, 2.75) is 25.0 Å². The molecular formula is C24H23N5O. The molecule has 1 aliphatic heterocycles. The fraction of sp³-hybridized carbons (Fsp3) is 0.208. The van der Waals surface area contributed by atoms with Crippen LogP contribution >= 0.6 is 0 Å². The smallest absolute Gasteiger partial charge is 0.106 e. The van der Waals surface area contributed by atoms with Gasteiger partial charge in [-0.25, -0.2) is 0 Å². The molecule has 6 nitrogen and oxygen atoms in total. The topological polar surface area (TPSA) is 89.7 Å². The first-order chi connectivity index (χ1) is 14.8. The molecule has 150 valence electrons. The average molecular weight is 397 g/mol. The van der Waals surface area contributed by atoms with E-state index in [4.69, 9.17) is 10.5 Å². The van der Waals surface area contributed by atoms with Crippen LogP contribution in [0.4, 0.5) is 0 Å². The van der Waals surface area contributed by atoms with Crippen molar-refractivity contribution in [1.82, 2.24) is 20.2 Å². The Morgan fingerprint density at radius 1 is 0.933 bits per heavy atom. The standard InChI is InChI=1S/C24H23N5O/c25-23-14-18(9-12-30-23)16-4-6-17(7-5-16)22-13-19(8-11-27-22)20-15-28-29-24(20)21-3-1-2-10-26-21/h1-8,10-11,13,15,18,23H,9,12,14,25H2,(H,28,29). The summed E-state index contributed by atoms with van der Waals surface area (Å²) in [6.45, 7) is 0.723. The molecule has 1 aliphatic rings. The summed E-state index contributed by atoms with van der Waals surface area (Å²) in [5, 5.41) is 7.31. The maximum absolute atomic E-state index is 5.96. The molecule has 30 heavy (non-hydrogen) atoms. The highest BCUT2D eigenvalue weighted by Crippen LogP contribution is 2.32. The maximum atomic E-state index is 5.96. The van der Waals surface area contributed by atoms with Gasteiger partial charge in [-0.2, -0.15) is 5.10 Å². The first-order valence-corrected chi connectivity index (χ1v) is 10.2. The Balaban J connectivity index is 1.43. The van der Waals surface area contributed by atoms with Gasteiger partial charge in [-0.15, -0.1) is 0 Å². The molecule has 0 radical (unpaired) electrons. The van der Waals surface area contributed by atoms with Crippen LogP contribution in [0.1, 0.15) is 24.3 Å². The van der Waals surface area contributed by atoms with Crippen LogP contribution in [0.3, 0.4) is 0 Å². The average Bonchev–Trinajstić information content (AvgIpc) is 3.30. The molecule has 2 unspecified atom stereocenters. The summed E-state index contributed by atoms with van der Waals surface area (Å²) >= 11 is 0. The Morgan fingerprint density at radius 2 is 1.80 bits per heavy atom. The van der Waals surface area contributed by atoms with Crippen LogP contribution in [0.5, 0.6) is 0 Å². The number of nitrogens with zero attached hydrogens (tertiary/aromatic N) is 3. The summed E-state index contributed by atoms with van der Waals surface area (Å²) in [5.74, 6) is 0.453. The number of nitrogens with one attached hydrogen (secondary N) is 1. The monoisotopic (exact) mass is 397 g/mol. The van der Waals surface area contributed by atoms with Crippen molar-refractivity contribution < 1.29 is 4.74 Å². The molecule has 0 bridgehead atoms. The van der Waals surface area contributed by atoms with Gasteiger partial charge in [0, 0.05) is 30.1 Å². The predicted octanol–water partition coefficient (Wildman–Crippen LogP) is 4.38. The molecule has 5 rings (SSSR count). The molecule has 4 heterocycles. The SMILES string of the molecule is NC1CC(c2ccc(-c3cc(-c4cn[nH]c4-c4ccccn4)ccn3)cc2)CCO1. The molecule has 4 aromatic rings. The van der Waals surface area contributed by atoms with Gasteiger partial charge in [-0.05, 0) is 54.2 Å². The Morgan fingerprint density at radius 3 is 2.60 bits per heavy atom. The van der Waals surface area contributed by atoms with Crippen molar-refractivity contribution in [3.63, 3.8) is 0 Å². The summed E-state index contributed by atoms with van der Waals surface area (Å²) < 4.78 is 5.47. The molecule has 1 fully saturated rings. The van der Waals surface area contributed by atoms with Crippen molar-refractivity contribution in [3.8, 4) is 33.8 Å². The van der Waals surface area contributed by atoms with Crippen molar-refractivity contribution in [1.29, 1.82) is 0 Å². The van der Waals surface area contributed by atoms with Crippen molar-refractivity contribution in [2.75, 3.05) is 6.61 Å². The van der Waals surface area contributed by atoms with Crippen molar-refractivity contribution >= 4 is 0 Å². The van der Waals surface area contributed by atoms with E-state index in [-0.39, 0.29) is 6.23 Å². The lowest BCUT2D eigenvalue weighted by atomic mass is 9.90. The lowest BCUT2D eigenvalue weighted by Crippen LogP contribution is -2.31. The summed E-state index contributed by atoms with van der Waals surface area (Å²) in [6.07, 6.45) is 7.17. The van der Waals surface area contributed by atoms with E-state index in [9.17, 15) is 0 Å². The van der Waals surface area contributed by atoms with E-state index in [2.05, 4.69) is 50.5 Å². The molecule has 0 amide bonds. The van der Waals surface area contributed by atoms with Gasteiger partial charge in [0.15, 0.2) is 0 Å². The van der Waals surface area contributed by atoms with Gasteiger partial charge in [-0.3, -0.25) is 15.1 Å². The van der Waals surface area contributed by atoms with Crippen LogP contribution < -0.4 is 5.73 Å². The summed E-state index contributed by atoms with van der Waals surface area (Å²) in [4.78, 5) is 9.03. The first kappa shape index (κ1) is 18.7. The number of benzene rings is 1.